The highest BCUT2D eigenvalue weighted by atomic mass is 35.5. The first kappa shape index (κ1) is 28.0. The van der Waals surface area contributed by atoms with Gasteiger partial charge in [-0.25, -0.2) is 23.9 Å². The van der Waals surface area contributed by atoms with Crippen molar-refractivity contribution in [3.8, 4) is 11.4 Å². The standard InChI is InChI=1S/C29H24ClFN8O4/c1-37-26(32-15-33-37)20-5-2-4-19-18(20)12-13-38(25(19)27(40)34-17-10-8-16(9-11-17)29(42)43)28(41)22-14-39(36-35-22)23-7-3-6-21(30)24(23)31/h2-11,15,22,25H,12-14H2,1H3,(H,34,40)(H,42,43). The third kappa shape index (κ3) is 5.18. The minimum Gasteiger partial charge on any atom is -0.478 e. The van der Waals surface area contributed by atoms with Gasteiger partial charge in [-0.05, 0) is 53.9 Å². The van der Waals surface area contributed by atoms with Crippen molar-refractivity contribution in [3.63, 3.8) is 0 Å². The van der Waals surface area contributed by atoms with E-state index in [2.05, 4.69) is 25.7 Å². The van der Waals surface area contributed by atoms with Gasteiger partial charge < -0.3 is 15.3 Å². The average molecular weight is 603 g/mol. The highest BCUT2D eigenvalue weighted by Crippen LogP contribution is 2.37. The van der Waals surface area contributed by atoms with Crippen LogP contribution in [0.3, 0.4) is 0 Å². The summed E-state index contributed by atoms with van der Waals surface area (Å²) in [5, 5.41) is 25.5. The van der Waals surface area contributed by atoms with Gasteiger partial charge in [0.05, 0.1) is 22.8 Å². The number of carbonyl (C=O) groups excluding carboxylic acids is 2. The Labute approximate surface area is 249 Å². The van der Waals surface area contributed by atoms with Gasteiger partial charge in [0, 0.05) is 24.8 Å². The molecule has 14 heteroatoms. The molecule has 0 saturated heterocycles. The highest BCUT2D eigenvalue weighted by molar-refractivity contribution is 6.31. The summed E-state index contributed by atoms with van der Waals surface area (Å²) in [7, 11) is 1.77. The molecule has 2 aliphatic heterocycles. The number of aryl methyl sites for hydroxylation is 1. The lowest BCUT2D eigenvalue weighted by atomic mass is 9.87. The molecule has 2 atom stereocenters. The zero-order chi connectivity index (χ0) is 30.2. The monoisotopic (exact) mass is 602 g/mol. The normalized spacial score (nSPS) is 17.6. The quantitative estimate of drug-likeness (QED) is 0.335. The molecular weight excluding hydrogens is 579 g/mol. The molecule has 4 aromatic rings. The Morgan fingerprint density at radius 2 is 1.84 bits per heavy atom. The summed E-state index contributed by atoms with van der Waals surface area (Å²) in [6.45, 7) is 0.151. The van der Waals surface area contributed by atoms with Crippen LogP contribution in [-0.2, 0) is 23.1 Å². The van der Waals surface area contributed by atoms with Gasteiger partial charge in [0.2, 0.25) is 0 Å². The molecule has 0 spiro atoms. The van der Waals surface area contributed by atoms with Gasteiger partial charge in [0.25, 0.3) is 11.8 Å². The number of aromatic carboxylic acids is 1. The van der Waals surface area contributed by atoms with E-state index in [-0.39, 0.29) is 29.4 Å². The fourth-order valence-corrected chi connectivity index (χ4v) is 5.53. The molecule has 2 N–H and O–H groups in total. The molecule has 12 nitrogen and oxygen atoms in total. The molecule has 1 aromatic heterocycles. The number of aromatic nitrogens is 3. The number of amides is 2. The second kappa shape index (κ2) is 11.2. The van der Waals surface area contributed by atoms with Gasteiger partial charge in [-0.15, -0.1) is 0 Å². The summed E-state index contributed by atoms with van der Waals surface area (Å²) in [6, 6.07) is 13.6. The van der Waals surface area contributed by atoms with Crippen molar-refractivity contribution in [1.29, 1.82) is 0 Å². The van der Waals surface area contributed by atoms with Crippen LogP contribution >= 0.6 is 11.6 Å². The van der Waals surface area contributed by atoms with E-state index >= 15 is 0 Å². The van der Waals surface area contributed by atoms with Crippen molar-refractivity contribution in [3.05, 3.63) is 94.5 Å². The summed E-state index contributed by atoms with van der Waals surface area (Å²) < 4.78 is 16.3. The summed E-state index contributed by atoms with van der Waals surface area (Å²) in [6.07, 6.45) is 1.87. The van der Waals surface area contributed by atoms with Gasteiger partial charge >= 0.3 is 5.97 Å². The molecule has 2 unspecified atom stereocenters. The van der Waals surface area contributed by atoms with Crippen LogP contribution in [0.25, 0.3) is 11.4 Å². The van der Waals surface area contributed by atoms with Crippen LogP contribution in [0.1, 0.15) is 27.5 Å². The van der Waals surface area contributed by atoms with Crippen LogP contribution in [-0.4, -0.2) is 61.7 Å². The van der Waals surface area contributed by atoms with Crippen molar-refractivity contribution >= 4 is 40.8 Å². The van der Waals surface area contributed by atoms with E-state index in [4.69, 9.17) is 11.6 Å². The molecule has 6 rings (SSSR count). The van der Waals surface area contributed by atoms with Crippen molar-refractivity contribution < 1.29 is 23.9 Å². The number of carbonyl (C=O) groups is 3. The molecule has 3 heterocycles. The van der Waals surface area contributed by atoms with Crippen LogP contribution in [0.15, 0.2) is 77.3 Å². The Kier molecular flexibility index (Phi) is 7.32. The second-order valence-electron chi connectivity index (χ2n) is 10.0. The Morgan fingerprint density at radius 3 is 2.56 bits per heavy atom. The third-order valence-electron chi connectivity index (χ3n) is 7.44. The SMILES string of the molecule is Cn1ncnc1-c1cccc2c1CCN(C(=O)C1CN(c3cccc(Cl)c3F)N=N1)C2C(=O)Nc1ccc(C(=O)O)cc1. The third-order valence-corrected chi connectivity index (χ3v) is 7.74. The Morgan fingerprint density at radius 1 is 1.07 bits per heavy atom. The maximum atomic E-state index is 14.7. The maximum Gasteiger partial charge on any atom is 0.335 e. The van der Waals surface area contributed by atoms with E-state index in [0.29, 0.717) is 23.5 Å². The van der Waals surface area contributed by atoms with Crippen LogP contribution in [0.5, 0.6) is 0 Å². The van der Waals surface area contributed by atoms with E-state index in [1.54, 1.807) is 29.9 Å². The number of carboxylic acid groups (broad SMARTS) is 1. The van der Waals surface area contributed by atoms with Gasteiger partial charge in [0.1, 0.15) is 12.4 Å². The predicted molar refractivity (Wildman–Crippen MR) is 154 cm³/mol. The molecule has 218 valence electrons. The van der Waals surface area contributed by atoms with Crippen LogP contribution in [0.2, 0.25) is 5.02 Å². The first-order valence-corrected chi connectivity index (χ1v) is 13.6. The molecule has 2 aliphatic rings. The molecule has 43 heavy (non-hydrogen) atoms. The zero-order valence-electron chi connectivity index (χ0n) is 22.7. The fourth-order valence-electron chi connectivity index (χ4n) is 5.36. The first-order chi connectivity index (χ1) is 20.7. The molecule has 3 aromatic carbocycles. The summed E-state index contributed by atoms with van der Waals surface area (Å²) in [5.41, 5.74) is 2.76. The number of anilines is 2. The molecular formula is C29H24ClFN8O4. The first-order valence-electron chi connectivity index (χ1n) is 13.3. The van der Waals surface area contributed by atoms with Crippen molar-refractivity contribution in [2.24, 2.45) is 17.4 Å². The Bertz CT molecular complexity index is 1780. The Balaban J connectivity index is 1.33. The van der Waals surface area contributed by atoms with Gasteiger partial charge in [0.15, 0.2) is 17.7 Å². The van der Waals surface area contributed by atoms with E-state index in [9.17, 15) is 23.9 Å². The minimum absolute atomic E-state index is 0.0383. The van der Waals surface area contributed by atoms with Gasteiger partial charge in [-0.3, -0.25) is 9.59 Å². The lowest BCUT2D eigenvalue weighted by molar-refractivity contribution is -0.140. The predicted octanol–water partition coefficient (Wildman–Crippen LogP) is 4.29. The van der Waals surface area contributed by atoms with Crippen molar-refractivity contribution in [1.82, 2.24) is 19.7 Å². The number of halogens is 2. The number of benzene rings is 3. The smallest absolute Gasteiger partial charge is 0.335 e. The molecule has 2 amide bonds. The summed E-state index contributed by atoms with van der Waals surface area (Å²) in [4.78, 5) is 45.0. The summed E-state index contributed by atoms with van der Waals surface area (Å²) >= 11 is 5.93. The van der Waals surface area contributed by atoms with Crippen molar-refractivity contribution in [2.45, 2.75) is 18.5 Å². The molecule has 0 saturated carbocycles. The zero-order valence-corrected chi connectivity index (χ0v) is 23.4. The number of rotatable bonds is 6. The second-order valence-corrected chi connectivity index (χ2v) is 10.4. The largest absolute Gasteiger partial charge is 0.478 e. The van der Waals surface area contributed by atoms with Crippen LogP contribution in [0.4, 0.5) is 15.8 Å². The van der Waals surface area contributed by atoms with E-state index in [1.165, 1.54) is 52.6 Å². The molecule has 0 fully saturated rings. The van der Waals surface area contributed by atoms with Crippen molar-refractivity contribution in [2.75, 3.05) is 23.4 Å². The maximum absolute atomic E-state index is 14.7. The average Bonchev–Trinajstić information content (AvgIpc) is 3.67. The molecule has 0 aliphatic carbocycles. The van der Waals surface area contributed by atoms with Crippen LogP contribution < -0.4 is 10.3 Å². The van der Waals surface area contributed by atoms with Gasteiger partial charge in [-0.2, -0.15) is 10.2 Å². The topological polar surface area (TPSA) is 145 Å². The van der Waals surface area contributed by atoms with E-state index in [0.717, 1.165) is 11.1 Å². The summed E-state index contributed by atoms with van der Waals surface area (Å²) in [5.74, 6) is -2.11. The number of hydrogen-bond donors (Lipinski definition) is 2. The number of carboxylic acids is 1. The Hall–Kier alpha value is -5.17. The van der Waals surface area contributed by atoms with E-state index in [1.807, 2.05) is 6.07 Å². The lowest BCUT2D eigenvalue weighted by Crippen LogP contribution is -2.49. The number of hydrogen-bond acceptors (Lipinski definition) is 8. The fraction of sp³-hybridized carbons (Fsp3) is 0.207. The number of nitrogens with one attached hydrogen (secondary N) is 1. The highest BCUT2D eigenvalue weighted by Gasteiger charge is 2.41. The molecule has 0 radical (unpaired) electrons. The number of fused-ring (bicyclic) bond motifs is 1. The number of nitrogens with zero attached hydrogens (tertiary/aromatic N) is 7. The minimum atomic E-state index is -1.09. The van der Waals surface area contributed by atoms with Gasteiger partial charge in [-0.1, -0.05) is 41.1 Å². The van der Waals surface area contributed by atoms with Crippen LogP contribution in [0, 0.1) is 5.82 Å². The van der Waals surface area contributed by atoms with E-state index < -0.39 is 35.7 Å². The molecule has 0 bridgehead atoms. The lowest BCUT2D eigenvalue weighted by Gasteiger charge is -2.37.